The maximum Gasteiger partial charge on any atom is 0.334 e. The molecule has 3 rings (SSSR count). The van der Waals surface area contributed by atoms with Gasteiger partial charge in [0.05, 0.1) is 21.5 Å². The molecule has 4 N–H and O–H groups in total. The van der Waals surface area contributed by atoms with Gasteiger partial charge in [0.25, 0.3) is 5.69 Å². The van der Waals surface area contributed by atoms with Crippen LogP contribution in [0.4, 0.5) is 5.69 Å². The number of aliphatic hydroxyl groups excluding tert-OH is 1. The van der Waals surface area contributed by atoms with Crippen LogP contribution in [0.3, 0.4) is 0 Å². The number of nitro benzene ring substituents is 1. The third kappa shape index (κ3) is 7.34. The number of para-hydroxylation sites is 1. The number of rotatable bonds is 16. The number of allylic oxidation sites excluding steroid dienone is 2. The minimum absolute atomic E-state index is 0.0955. The van der Waals surface area contributed by atoms with Crippen molar-refractivity contribution in [2.24, 2.45) is 0 Å². The summed E-state index contributed by atoms with van der Waals surface area (Å²) in [6.45, 7) is 4.45. The summed E-state index contributed by atoms with van der Waals surface area (Å²) in [4.78, 5) is 38.0. The number of aliphatic hydroxyl groups is 1. The van der Waals surface area contributed by atoms with Crippen LogP contribution in [0, 0.1) is 10.1 Å². The zero-order valence-corrected chi connectivity index (χ0v) is 24.2. The number of ether oxygens (including phenoxy) is 1. The van der Waals surface area contributed by atoms with Crippen LogP contribution in [0.5, 0.6) is 5.75 Å². The molecule has 0 spiro atoms. The maximum absolute atomic E-state index is 12.7. The molecule has 1 unspecified atom stereocenters. The topological polar surface area (TPSA) is 162 Å². The molecule has 11 heteroatoms. The maximum atomic E-state index is 12.7. The second-order valence-corrected chi connectivity index (χ2v) is 10.4. The molecule has 2 aromatic rings. The Morgan fingerprint density at radius 2 is 1.60 bits per heavy atom. The van der Waals surface area contributed by atoms with Crippen molar-refractivity contribution < 1.29 is 34.6 Å². The third-order valence-corrected chi connectivity index (χ3v) is 7.78. The van der Waals surface area contributed by atoms with E-state index in [0.717, 1.165) is 12.8 Å². The third-order valence-electron chi connectivity index (χ3n) is 7.78. The molecule has 0 amide bonds. The molecule has 0 radical (unpaired) electrons. The molecular formula is C31H39N3O8. The Labute approximate surface area is 245 Å². The van der Waals surface area contributed by atoms with E-state index in [2.05, 4.69) is 5.32 Å². The van der Waals surface area contributed by atoms with Crippen LogP contribution in [0.2, 0.25) is 0 Å². The second kappa shape index (κ2) is 14.6. The molecule has 1 atom stereocenters. The molecule has 0 saturated carbocycles. The van der Waals surface area contributed by atoms with Crippen LogP contribution in [-0.4, -0.2) is 69.9 Å². The molecule has 0 aromatic heterocycles. The first-order valence-corrected chi connectivity index (χ1v) is 13.9. The van der Waals surface area contributed by atoms with E-state index < -0.39 is 28.4 Å². The number of nitrogens with zero attached hydrogens (tertiary/aromatic N) is 2. The Morgan fingerprint density at radius 3 is 2.19 bits per heavy atom. The van der Waals surface area contributed by atoms with E-state index >= 15 is 0 Å². The SMILES string of the molecule is CC1=C(C(=O)O)C(CCCCCCNCC(O)COc2ccccc2)(c2cccc([N+](=O)[O-])c2)C(C(=O)O)=C(C)N1C. The van der Waals surface area contributed by atoms with Crippen LogP contribution in [0.15, 0.2) is 77.1 Å². The molecule has 1 aliphatic rings. The molecule has 0 fully saturated rings. The van der Waals surface area contributed by atoms with Crippen molar-refractivity contribution in [1.82, 2.24) is 10.2 Å². The Morgan fingerprint density at radius 1 is 0.976 bits per heavy atom. The highest BCUT2D eigenvalue weighted by molar-refractivity contribution is 6.00. The summed E-state index contributed by atoms with van der Waals surface area (Å²) >= 11 is 0. The number of hydrogen-bond acceptors (Lipinski definition) is 8. The molecule has 0 aliphatic carbocycles. The van der Waals surface area contributed by atoms with Gasteiger partial charge in [-0.25, -0.2) is 9.59 Å². The van der Waals surface area contributed by atoms with E-state index in [1.54, 1.807) is 31.9 Å². The van der Waals surface area contributed by atoms with Gasteiger partial charge in [0, 0.05) is 37.1 Å². The van der Waals surface area contributed by atoms with Crippen LogP contribution in [-0.2, 0) is 15.0 Å². The summed E-state index contributed by atoms with van der Waals surface area (Å²) in [7, 11) is 1.62. The summed E-state index contributed by atoms with van der Waals surface area (Å²) in [5, 5.41) is 45.7. The minimum Gasteiger partial charge on any atom is -0.491 e. The number of nitro groups is 1. The van der Waals surface area contributed by atoms with Crippen LogP contribution >= 0.6 is 0 Å². The molecule has 0 saturated heterocycles. The number of aliphatic carboxylic acids is 2. The highest BCUT2D eigenvalue weighted by Gasteiger charge is 2.51. The predicted octanol–water partition coefficient (Wildman–Crippen LogP) is 4.48. The number of unbranched alkanes of at least 4 members (excludes halogenated alkanes) is 3. The quantitative estimate of drug-likeness (QED) is 0.126. The van der Waals surface area contributed by atoms with E-state index in [0.29, 0.717) is 43.1 Å². The van der Waals surface area contributed by atoms with Crippen LogP contribution in [0.25, 0.3) is 0 Å². The van der Waals surface area contributed by atoms with Gasteiger partial charge in [-0.3, -0.25) is 10.1 Å². The van der Waals surface area contributed by atoms with Crippen molar-refractivity contribution >= 4 is 17.6 Å². The number of benzene rings is 2. The number of non-ortho nitro benzene ring substituents is 1. The Hall–Kier alpha value is -4.22. The van der Waals surface area contributed by atoms with Gasteiger partial charge in [0.2, 0.25) is 0 Å². The summed E-state index contributed by atoms with van der Waals surface area (Å²) in [6.07, 6.45) is 2.24. The first-order chi connectivity index (χ1) is 20.0. The number of carbonyl (C=O) groups is 2. The number of hydrogen-bond donors (Lipinski definition) is 4. The Balaban J connectivity index is 1.70. The van der Waals surface area contributed by atoms with Gasteiger partial charge in [-0.15, -0.1) is 0 Å². The van der Waals surface area contributed by atoms with E-state index in [1.807, 2.05) is 30.3 Å². The van der Waals surface area contributed by atoms with Crippen molar-refractivity contribution in [2.75, 3.05) is 26.7 Å². The van der Waals surface area contributed by atoms with Gasteiger partial charge in [-0.1, -0.05) is 49.6 Å². The first-order valence-electron chi connectivity index (χ1n) is 13.9. The minimum atomic E-state index is -1.58. The average molecular weight is 582 g/mol. The van der Waals surface area contributed by atoms with E-state index in [4.69, 9.17) is 4.74 Å². The van der Waals surface area contributed by atoms with Crippen molar-refractivity contribution in [3.8, 4) is 5.75 Å². The molecule has 1 heterocycles. The standard InChI is InChI=1S/C31H39N3O8/c1-21-27(29(36)37)31(28(30(38)39)22(2)33(21)3,23-12-11-13-24(18-23)34(40)41)16-9-4-5-10-17-32-19-25(35)20-42-26-14-7-6-8-15-26/h6-8,11-15,18,25,32,35H,4-5,9-10,16-17,19-20H2,1-3H3,(H,36,37)(H,38,39). The van der Waals surface area contributed by atoms with Gasteiger partial charge in [0.1, 0.15) is 18.5 Å². The smallest absolute Gasteiger partial charge is 0.334 e. The number of carboxylic acids is 2. The zero-order valence-electron chi connectivity index (χ0n) is 24.2. The van der Waals surface area contributed by atoms with Gasteiger partial charge in [0.15, 0.2) is 0 Å². The summed E-state index contributed by atoms with van der Waals surface area (Å²) in [5.41, 5.74) is -0.967. The molecule has 42 heavy (non-hydrogen) atoms. The fourth-order valence-electron chi connectivity index (χ4n) is 5.60. The summed E-state index contributed by atoms with van der Waals surface area (Å²) < 4.78 is 5.55. The van der Waals surface area contributed by atoms with Crippen molar-refractivity contribution in [3.63, 3.8) is 0 Å². The normalized spacial score (nSPS) is 15.5. The average Bonchev–Trinajstić information content (AvgIpc) is 2.96. The van der Waals surface area contributed by atoms with E-state index in [1.165, 1.54) is 18.2 Å². The number of nitrogens with one attached hydrogen (secondary N) is 1. The van der Waals surface area contributed by atoms with Crippen LogP contribution in [0.1, 0.15) is 51.5 Å². The van der Waals surface area contributed by atoms with Crippen molar-refractivity contribution in [2.45, 2.75) is 57.5 Å². The lowest BCUT2D eigenvalue weighted by molar-refractivity contribution is -0.385. The summed E-state index contributed by atoms with van der Waals surface area (Å²) in [6, 6.07) is 14.9. The Kier molecular flexibility index (Phi) is 11.2. The number of carboxylic acid groups (broad SMARTS) is 2. The first kappa shape index (κ1) is 32.3. The van der Waals surface area contributed by atoms with Gasteiger partial charge in [-0.05, 0) is 50.9 Å². The molecule has 1 aliphatic heterocycles. The fraction of sp³-hybridized carbons (Fsp3) is 0.419. The van der Waals surface area contributed by atoms with Crippen molar-refractivity contribution in [1.29, 1.82) is 0 Å². The zero-order chi connectivity index (χ0) is 30.9. The monoisotopic (exact) mass is 581 g/mol. The van der Waals surface area contributed by atoms with Crippen LogP contribution < -0.4 is 10.1 Å². The predicted molar refractivity (Wildman–Crippen MR) is 157 cm³/mol. The second-order valence-electron chi connectivity index (χ2n) is 10.4. The molecule has 11 nitrogen and oxygen atoms in total. The van der Waals surface area contributed by atoms with Gasteiger partial charge < -0.3 is 30.3 Å². The molecule has 0 bridgehead atoms. The van der Waals surface area contributed by atoms with Gasteiger partial charge in [-0.2, -0.15) is 0 Å². The Bertz CT molecular complexity index is 1300. The fourth-order valence-corrected chi connectivity index (χ4v) is 5.60. The lowest BCUT2D eigenvalue weighted by atomic mass is 9.62. The highest BCUT2D eigenvalue weighted by atomic mass is 16.6. The lowest BCUT2D eigenvalue weighted by Gasteiger charge is -2.44. The molecular weight excluding hydrogens is 542 g/mol. The molecule has 226 valence electrons. The molecule has 2 aromatic carbocycles. The van der Waals surface area contributed by atoms with Crippen molar-refractivity contribution in [3.05, 3.63) is 92.8 Å². The highest BCUT2D eigenvalue weighted by Crippen LogP contribution is 2.50. The largest absolute Gasteiger partial charge is 0.491 e. The lowest BCUT2D eigenvalue weighted by Crippen LogP contribution is -2.45. The van der Waals surface area contributed by atoms with Gasteiger partial charge >= 0.3 is 11.9 Å². The van der Waals surface area contributed by atoms with E-state index in [-0.39, 0.29) is 35.4 Å². The summed E-state index contributed by atoms with van der Waals surface area (Å²) in [5.74, 6) is -1.84. The van der Waals surface area contributed by atoms with E-state index in [9.17, 15) is 35.0 Å².